The molecule has 1 atom stereocenters. The molecule has 1 aliphatic rings. The van der Waals surface area contributed by atoms with Gasteiger partial charge in [-0.2, -0.15) is 0 Å². The summed E-state index contributed by atoms with van der Waals surface area (Å²) < 4.78 is 11.6. The number of para-hydroxylation sites is 4. The maximum Gasteiger partial charge on any atom is 0.222 e. The molecule has 0 fully saturated rings. The Hall–Kier alpha value is -3.02. The number of aromatic nitrogens is 2. The van der Waals surface area contributed by atoms with E-state index in [9.17, 15) is 4.79 Å². The summed E-state index contributed by atoms with van der Waals surface area (Å²) in [7, 11) is 1.80. The normalized spacial score (nSPS) is 15.8. The van der Waals surface area contributed by atoms with Crippen molar-refractivity contribution in [3.8, 4) is 11.5 Å². The number of likely N-dealkylation sites (N-methyl/N-ethyl adjacent to an activating group) is 1. The highest BCUT2D eigenvalue weighted by Crippen LogP contribution is 2.30. The first-order chi connectivity index (χ1) is 12.7. The number of carbonyl (C=O) groups excluding carboxylic acids is 1. The third-order valence-corrected chi connectivity index (χ3v) is 4.48. The summed E-state index contributed by atoms with van der Waals surface area (Å²) in [4.78, 5) is 21.9. The van der Waals surface area contributed by atoms with Crippen LogP contribution in [-0.2, 0) is 11.2 Å². The molecule has 4 rings (SSSR count). The zero-order valence-electron chi connectivity index (χ0n) is 14.6. The van der Waals surface area contributed by atoms with Crippen molar-refractivity contribution in [3.63, 3.8) is 0 Å². The Labute approximate surface area is 151 Å². The van der Waals surface area contributed by atoms with Gasteiger partial charge in [0.25, 0.3) is 0 Å². The number of H-pyrrole nitrogens is 1. The number of fused-ring (bicyclic) bond motifs is 2. The Morgan fingerprint density at radius 2 is 1.96 bits per heavy atom. The monoisotopic (exact) mass is 351 g/mol. The van der Waals surface area contributed by atoms with Gasteiger partial charge in [-0.05, 0) is 24.3 Å². The second-order valence-electron chi connectivity index (χ2n) is 6.47. The van der Waals surface area contributed by atoms with Crippen LogP contribution in [0.1, 0.15) is 12.2 Å². The van der Waals surface area contributed by atoms with Gasteiger partial charge in [-0.3, -0.25) is 4.79 Å². The molecule has 6 heteroatoms. The lowest BCUT2D eigenvalue weighted by atomic mass is 10.2. The van der Waals surface area contributed by atoms with Gasteiger partial charge in [-0.15, -0.1) is 0 Å². The van der Waals surface area contributed by atoms with Gasteiger partial charge < -0.3 is 19.4 Å². The van der Waals surface area contributed by atoms with Crippen LogP contribution in [0, 0.1) is 0 Å². The number of ether oxygens (including phenoxy) is 2. The molecule has 6 nitrogen and oxygen atoms in total. The molecule has 0 bridgehead atoms. The van der Waals surface area contributed by atoms with Crippen molar-refractivity contribution in [2.45, 2.75) is 18.9 Å². The first-order valence-electron chi connectivity index (χ1n) is 8.75. The van der Waals surface area contributed by atoms with Crippen molar-refractivity contribution in [3.05, 3.63) is 54.4 Å². The van der Waals surface area contributed by atoms with Crippen molar-refractivity contribution < 1.29 is 14.3 Å². The van der Waals surface area contributed by atoms with Crippen LogP contribution in [-0.4, -0.2) is 47.1 Å². The lowest BCUT2D eigenvalue weighted by Gasteiger charge is -2.29. The van der Waals surface area contributed by atoms with Crippen LogP contribution >= 0.6 is 0 Å². The van der Waals surface area contributed by atoms with Crippen LogP contribution in [0.2, 0.25) is 0 Å². The molecule has 2 aromatic carbocycles. The van der Waals surface area contributed by atoms with Crippen LogP contribution in [0.15, 0.2) is 48.5 Å². The van der Waals surface area contributed by atoms with Gasteiger partial charge in [0.2, 0.25) is 5.91 Å². The average molecular weight is 351 g/mol. The molecule has 134 valence electrons. The smallest absolute Gasteiger partial charge is 0.222 e. The Bertz CT molecular complexity index is 888. The van der Waals surface area contributed by atoms with E-state index in [1.54, 1.807) is 11.9 Å². The highest BCUT2D eigenvalue weighted by Gasteiger charge is 2.23. The zero-order chi connectivity index (χ0) is 17.9. The van der Waals surface area contributed by atoms with E-state index in [1.807, 2.05) is 48.5 Å². The number of imidazole rings is 1. The highest BCUT2D eigenvalue weighted by molar-refractivity contribution is 5.77. The highest BCUT2D eigenvalue weighted by atomic mass is 16.6. The van der Waals surface area contributed by atoms with Crippen LogP contribution in [0.4, 0.5) is 0 Å². The summed E-state index contributed by atoms with van der Waals surface area (Å²) in [6.07, 6.45) is 0.827. The predicted octanol–water partition coefficient (Wildman–Crippen LogP) is 2.79. The third kappa shape index (κ3) is 3.49. The van der Waals surface area contributed by atoms with Gasteiger partial charge in [0.05, 0.1) is 17.6 Å². The fourth-order valence-electron chi connectivity index (χ4n) is 3.10. The second-order valence-corrected chi connectivity index (χ2v) is 6.47. The van der Waals surface area contributed by atoms with E-state index in [2.05, 4.69) is 9.97 Å². The molecular formula is C20H21N3O3. The fraction of sp³-hybridized carbons (Fsp3) is 0.300. The molecular weight excluding hydrogens is 330 g/mol. The summed E-state index contributed by atoms with van der Waals surface area (Å²) in [5.41, 5.74) is 1.92. The molecule has 1 amide bonds. The lowest BCUT2D eigenvalue weighted by Crippen LogP contribution is -2.41. The maximum atomic E-state index is 12.4. The minimum absolute atomic E-state index is 0.0629. The number of hydrogen-bond donors (Lipinski definition) is 1. The maximum absolute atomic E-state index is 12.4. The van der Waals surface area contributed by atoms with Gasteiger partial charge >= 0.3 is 0 Å². The Morgan fingerprint density at radius 3 is 2.81 bits per heavy atom. The number of amides is 1. The molecule has 0 saturated heterocycles. The quantitative estimate of drug-likeness (QED) is 0.767. The Balaban J connectivity index is 1.30. The molecule has 0 aliphatic carbocycles. The summed E-state index contributed by atoms with van der Waals surface area (Å²) in [6, 6.07) is 15.4. The molecule has 0 spiro atoms. The van der Waals surface area contributed by atoms with Crippen molar-refractivity contribution in [1.29, 1.82) is 0 Å². The number of aryl methyl sites for hydroxylation is 1. The standard InChI is InChI=1S/C20H21N3O3/c1-23(12-14-13-25-17-8-4-5-9-18(17)26-14)20(24)11-10-19-21-15-6-2-3-7-16(15)22-19/h2-9,14H,10-13H2,1H3,(H,21,22)/t14-/m0/s1. The van der Waals surface area contributed by atoms with Crippen molar-refractivity contribution in [2.75, 3.05) is 20.2 Å². The average Bonchev–Trinajstić information content (AvgIpc) is 3.09. The van der Waals surface area contributed by atoms with Crippen LogP contribution in [0.25, 0.3) is 11.0 Å². The zero-order valence-corrected chi connectivity index (χ0v) is 14.6. The molecule has 0 radical (unpaired) electrons. The van der Waals surface area contributed by atoms with Crippen LogP contribution < -0.4 is 9.47 Å². The van der Waals surface area contributed by atoms with Gasteiger partial charge in [0.15, 0.2) is 17.6 Å². The molecule has 2 heterocycles. The summed E-state index contributed by atoms with van der Waals surface area (Å²) in [5, 5.41) is 0. The Kier molecular flexibility index (Phi) is 4.48. The minimum atomic E-state index is -0.162. The SMILES string of the molecule is CN(C[C@H]1COc2ccccc2O1)C(=O)CCc1nc2ccccc2[nH]1. The van der Waals surface area contributed by atoms with Gasteiger partial charge in [-0.25, -0.2) is 4.98 Å². The largest absolute Gasteiger partial charge is 0.486 e. The number of hydrogen-bond acceptors (Lipinski definition) is 4. The third-order valence-electron chi connectivity index (χ3n) is 4.48. The molecule has 0 saturated carbocycles. The van der Waals surface area contributed by atoms with Gasteiger partial charge in [-0.1, -0.05) is 24.3 Å². The Morgan fingerprint density at radius 1 is 1.19 bits per heavy atom. The van der Waals surface area contributed by atoms with E-state index in [-0.39, 0.29) is 12.0 Å². The molecule has 0 unspecified atom stereocenters. The lowest BCUT2D eigenvalue weighted by molar-refractivity contribution is -0.131. The first kappa shape index (κ1) is 16.4. The summed E-state index contributed by atoms with van der Waals surface area (Å²) in [6.45, 7) is 0.936. The minimum Gasteiger partial charge on any atom is -0.486 e. The number of benzene rings is 2. The molecule has 1 aromatic heterocycles. The summed E-state index contributed by atoms with van der Waals surface area (Å²) in [5.74, 6) is 2.38. The van der Waals surface area contributed by atoms with E-state index in [0.29, 0.717) is 26.0 Å². The van der Waals surface area contributed by atoms with Crippen LogP contribution in [0.5, 0.6) is 11.5 Å². The van der Waals surface area contributed by atoms with E-state index in [0.717, 1.165) is 28.4 Å². The molecule has 26 heavy (non-hydrogen) atoms. The predicted molar refractivity (Wildman–Crippen MR) is 98.4 cm³/mol. The van der Waals surface area contributed by atoms with Crippen molar-refractivity contribution in [1.82, 2.24) is 14.9 Å². The number of nitrogens with one attached hydrogen (secondary N) is 1. The van der Waals surface area contributed by atoms with E-state index < -0.39 is 0 Å². The number of carbonyl (C=O) groups is 1. The number of aromatic amines is 1. The van der Waals surface area contributed by atoms with Crippen molar-refractivity contribution in [2.24, 2.45) is 0 Å². The molecule has 3 aromatic rings. The van der Waals surface area contributed by atoms with Crippen LogP contribution in [0.3, 0.4) is 0 Å². The number of rotatable bonds is 5. The molecule has 1 N–H and O–H groups in total. The molecule has 1 aliphatic heterocycles. The second kappa shape index (κ2) is 7.07. The van der Waals surface area contributed by atoms with Gasteiger partial charge in [0, 0.05) is 19.9 Å². The van der Waals surface area contributed by atoms with Gasteiger partial charge in [0.1, 0.15) is 12.4 Å². The van der Waals surface area contributed by atoms with E-state index >= 15 is 0 Å². The first-order valence-corrected chi connectivity index (χ1v) is 8.75. The fourth-order valence-corrected chi connectivity index (χ4v) is 3.10. The van der Waals surface area contributed by atoms with E-state index in [1.165, 1.54) is 0 Å². The topological polar surface area (TPSA) is 67.5 Å². The van der Waals surface area contributed by atoms with Crippen molar-refractivity contribution >= 4 is 16.9 Å². The number of nitrogens with zero attached hydrogens (tertiary/aromatic N) is 2. The van der Waals surface area contributed by atoms with E-state index in [4.69, 9.17) is 9.47 Å². The summed E-state index contributed by atoms with van der Waals surface area (Å²) >= 11 is 0.